The van der Waals surface area contributed by atoms with Gasteiger partial charge in [0, 0.05) is 58.3 Å². The Morgan fingerprint density at radius 2 is 1.88 bits per heavy atom. The fraction of sp³-hybridized carbons (Fsp3) is 0.889. The quantitative estimate of drug-likeness (QED) is 0.638. The summed E-state index contributed by atoms with van der Waals surface area (Å²) in [5, 5.41) is 0. The number of carbonyl (C=O) groups excluding carboxylic acids is 2. The second-order valence-corrected chi connectivity index (χ2v) is 7.33. The number of rotatable bonds is 7. The summed E-state index contributed by atoms with van der Waals surface area (Å²) in [6.45, 7) is 6.62. The Kier molecular flexibility index (Phi) is 8.60. The summed E-state index contributed by atoms with van der Waals surface area (Å²) in [5.74, 6) is 0.535. The third kappa shape index (κ3) is 5.81. The lowest BCUT2D eigenvalue weighted by molar-refractivity contribution is -0.142. The van der Waals surface area contributed by atoms with Crippen molar-refractivity contribution < 1.29 is 19.1 Å². The van der Waals surface area contributed by atoms with Gasteiger partial charge in [0.15, 0.2) is 0 Å². The average molecular weight is 390 g/mol. The van der Waals surface area contributed by atoms with Gasteiger partial charge in [-0.25, -0.2) is 0 Å². The van der Waals surface area contributed by atoms with Gasteiger partial charge in [0.05, 0.1) is 13.2 Å². The molecule has 7 nitrogen and oxygen atoms in total. The Morgan fingerprint density at radius 3 is 2.54 bits per heavy atom. The molecule has 2 amide bonds. The highest BCUT2D eigenvalue weighted by molar-refractivity contribution is 5.85. The van der Waals surface area contributed by atoms with E-state index >= 15 is 0 Å². The first-order chi connectivity index (χ1) is 12.2. The maximum atomic E-state index is 12.8. The van der Waals surface area contributed by atoms with Crippen molar-refractivity contribution in [3.05, 3.63) is 0 Å². The molecule has 0 radical (unpaired) electrons. The normalized spacial score (nSPS) is 24.0. The standard InChI is InChI=1S/C18H31N3O4.ClH/c1-24-14-17(22)20-6-2-3-16(13-20)21(18(23)15-4-5-15)8-7-19-9-11-25-12-10-19;/h15-16H,2-14H2,1H3;1H. The van der Waals surface area contributed by atoms with Gasteiger partial charge in [-0.3, -0.25) is 14.5 Å². The van der Waals surface area contributed by atoms with Crippen LogP contribution in [0.5, 0.6) is 0 Å². The molecule has 0 spiro atoms. The second kappa shape index (κ2) is 10.4. The zero-order valence-corrected chi connectivity index (χ0v) is 16.5. The third-order valence-corrected chi connectivity index (χ3v) is 5.43. The number of piperidine rings is 1. The van der Waals surface area contributed by atoms with E-state index in [4.69, 9.17) is 9.47 Å². The number of methoxy groups -OCH3 is 1. The highest BCUT2D eigenvalue weighted by atomic mass is 35.5. The molecule has 0 bridgehead atoms. The van der Waals surface area contributed by atoms with E-state index < -0.39 is 0 Å². The summed E-state index contributed by atoms with van der Waals surface area (Å²) >= 11 is 0. The maximum Gasteiger partial charge on any atom is 0.248 e. The van der Waals surface area contributed by atoms with Crippen LogP contribution in [0.15, 0.2) is 0 Å². The fourth-order valence-corrected chi connectivity index (χ4v) is 3.76. The van der Waals surface area contributed by atoms with Crippen molar-refractivity contribution in [2.24, 2.45) is 5.92 Å². The minimum atomic E-state index is 0. The molecule has 0 N–H and O–H groups in total. The van der Waals surface area contributed by atoms with Crippen molar-refractivity contribution >= 4 is 24.2 Å². The van der Waals surface area contributed by atoms with Crippen LogP contribution in [0.25, 0.3) is 0 Å². The van der Waals surface area contributed by atoms with E-state index in [2.05, 4.69) is 9.80 Å². The van der Waals surface area contributed by atoms with Crippen LogP contribution in [-0.4, -0.2) is 98.8 Å². The number of hydrogen-bond donors (Lipinski definition) is 0. The number of hydrogen-bond acceptors (Lipinski definition) is 5. The summed E-state index contributed by atoms with van der Waals surface area (Å²) in [4.78, 5) is 31.3. The molecule has 1 unspecified atom stereocenters. The van der Waals surface area contributed by atoms with E-state index in [1.54, 1.807) is 7.11 Å². The molecule has 1 saturated carbocycles. The van der Waals surface area contributed by atoms with Crippen LogP contribution in [0.3, 0.4) is 0 Å². The van der Waals surface area contributed by atoms with Crippen molar-refractivity contribution in [3.63, 3.8) is 0 Å². The van der Waals surface area contributed by atoms with E-state index in [0.29, 0.717) is 12.5 Å². The Morgan fingerprint density at radius 1 is 1.15 bits per heavy atom. The first-order valence-corrected chi connectivity index (χ1v) is 9.56. The van der Waals surface area contributed by atoms with E-state index in [1.165, 1.54) is 0 Å². The molecule has 8 heteroatoms. The van der Waals surface area contributed by atoms with Gasteiger partial charge in [-0.1, -0.05) is 0 Å². The van der Waals surface area contributed by atoms with E-state index in [-0.39, 0.29) is 36.9 Å². The van der Waals surface area contributed by atoms with Crippen LogP contribution in [0.1, 0.15) is 25.7 Å². The Hall–Kier alpha value is -0.890. The number of amides is 2. The van der Waals surface area contributed by atoms with Crippen LogP contribution in [0.4, 0.5) is 0 Å². The predicted molar refractivity (Wildman–Crippen MR) is 100 cm³/mol. The molecule has 2 saturated heterocycles. The number of ether oxygens (including phenoxy) is 2. The largest absolute Gasteiger partial charge is 0.379 e. The lowest BCUT2D eigenvalue weighted by Crippen LogP contribution is -2.54. The first kappa shape index (κ1) is 21.4. The summed E-state index contributed by atoms with van der Waals surface area (Å²) in [5.41, 5.74) is 0. The van der Waals surface area contributed by atoms with Crippen molar-refractivity contribution in [2.45, 2.75) is 31.7 Å². The number of likely N-dealkylation sites (tertiary alicyclic amines) is 1. The monoisotopic (exact) mass is 389 g/mol. The average Bonchev–Trinajstić information content (AvgIpc) is 3.48. The molecule has 2 aliphatic heterocycles. The molecule has 2 heterocycles. The summed E-state index contributed by atoms with van der Waals surface area (Å²) in [6.07, 6.45) is 3.97. The summed E-state index contributed by atoms with van der Waals surface area (Å²) in [7, 11) is 1.55. The second-order valence-electron chi connectivity index (χ2n) is 7.33. The van der Waals surface area contributed by atoms with Gasteiger partial charge in [-0.2, -0.15) is 0 Å². The van der Waals surface area contributed by atoms with E-state index in [9.17, 15) is 9.59 Å². The van der Waals surface area contributed by atoms with Crippen LogP contribution in [-0.2, 0) is 19.1 Å². The predicted octanol–water partition coefficient (Wildman–Crippen LogP) is 0.616. The first-order valence-electron chi connectivity index (χ1n) is 9.56. The molecule has 150 valence electrons. The number of morpholine rings is 1. The SMILES string of the molecule is COCC(=O)N1CCCC(N(CCN2CCOCC2)C(=O)C2CC2)C1.Cl. The molecule has 3 fully saturated rings. The van der Waals surface area contributed by atoms with Crippen molar-refractivity contribution in [3.8, 4) is 0 Å². The van der Waals surface area contributed by atoms with Gasteiger partial charge in [-0.05, 0) is 25.7 Å². The molecule has 3 rings (SSSR count). The van der Waals surface area contributed by atoms with Crippen molar-refractivity contribution in [1.29, 1.82) is 0 Å². The van der Waals surface area contributed by atoms with Crippen molar-refractivity contribution in [1.82, 2.24) is 14.7 Å². The highest BCUT2D eigenvalue weighted by Gasteiger charge is 2.38. The smallest absolute Gasteiger partial charge is 0.248 e. The van der Waals surface area contributed by atoms with Gasteiger partial charge < -0.3 is 19.3 Å². The fourth-order valence-electron chi connectivity index (χ4n) is 3.76. The number of nitrogens with zero attached hydrogens (tertiary/aromatic N) is 3. The lowest BCUT2D eigenvalue weighted by atomic mass is 10.0. The third-order valence-electron chi connectivity index (χ3n) is 5.43. The van der Waals surface area contributed by atoms with Gasteiger partial charge in [-0.15, -0.1) is 12.4 Å². The Bertz CT molecular complexity index is 469. The van der Waals surface area contributed by atoms with E-state index in [0.717, 1.165) is 71.6 Å². The van der Waals surface area contributed by atoms with Crippen LogP contribution in [0.2, 0.25) is 0 Å². The molecule has 1 aliphatic carbocycles. The van der Waals surface area contributed by atoms with Gasteiger partial charge in [0.1, 0.15) is 6.61 Å². The van der Waals surface area contributed by atoms with Crippen LogP contribution in [0, 0.1) is 5.92 Å². The molecule has 0 aromatic carbocycles. The Balaban J connectivity index is 0.00000243. The summed E-state index contributed by atoms with van der Waals surface area (Å²) in [6, 6.07) is 0.142. The zero-order valence-electron chi connectivity index (χ0n) is 15.7. The molecule has 26 heavy (non-hydrogen) atoms. The van der Waals surface area contributed by atoms with E-state index in [1.807, 2.05) is 4.90 Å². The number of halogens is 1. The highest BCUT2D eigenvalue weighted by Crippen LogP contribution is 2.32. The molecule has 3 aliphatic rings. The molecular formula is C18H32ClN3O4. The minimum absolute atomic E-state index is 0. The minimum Gasteiger partial charge on any atom is -0.379 e. The summed E-state index contributed by atoms with van der Waals surface area (Å²) < 4.78 is 10.4. The van der Waals surface area contributed by atoms with Crippen LogP contribution >= 0.6 is 12.4 Å². The van der Waals surface area contributed by atoms with Crippen LogP contribution < -0.4 is 0 Å². The topological polar surface area (TPSA) is 62.3 Å². The van der Waals surface area contributed by atoms with Gasteiger partial charge in [0.25, 0.3) is 0 Å². The lowest BCUT2D eigenvalue weighted by Gasteiger charge is -2.40. The Labute approximate surface area is 162 Å². The van der Waals surface area contributed by atoms with Crippen molar-refractivity contribution in [2.75, 3.05) is 66.2 Å². The molecule has 0 aromatic heterocycles. The zero-order chi connectivity index (χ0) is 17.6. The number of carbonyl (C=O) groups is 2. The maximum absolute atomic E-state index is 12.8. The van der Waals surface area contributed by atoms with Gasteiger partial charge in [0.2, 0.25) is 11.8 Å². The van der Waals surface area contributed by atoms with Gasteiger partial charge >= 0.3 is 0 Å². The molecule has 1 atom stereocenters. The molecular weight excluding hydrogens is 358 g/mol. The molecule has 0 aromatic rings.